The Balaban J connectivity index is 2.25. The van der Waals surface area contributed by atoms with Gasteiger partial charge >= 0.3 is 0 Å². The second kappa shape index (κ2) is 6.37. The number of carbonyl (C=O) groups is 1. The Morgan fingerprint density at radius 2 is 2.53 bits per heavy atom. The van der Waals surface area contributed by atoms with Gasteiger partial charge in [-0.05, 0) is 29.3 Å². The van der Waals surface area contributed by atoms with Gasteiger partial charge in [0.1, 0.15) is 0 Å². The average Bonchev–Trinajstić information content (AvgIpc) is 2.76. The number of hydrogen-bond acceptors (Lipinski definition) is 3. The first kappa shape index (κ1) is 11.9. The zero-order valence-corrected chi connectivity index (χ0v) is 9.64. The normalized spacial score (nSPS) is 12.1. The van der Waals surface area contributed by atoms with Crippen molar-refractivity contribution in [3.8, 4) is 0 Å². The van der Waals surface area contributed by atoms with Gasteiger partial charge in [-0.25, -0.2) is 0 Å². The molecule has 0 fully saturated rings. The third-order valence-corrected chi connectivity index (χ3v) is 2.76. The lowest BCUT2D eigenvalue weighted by Gasteiger charge is -2.11. The summed E-state index contributed by atoms with van der Waals surface area (Å²) in [6, 6.07) is 2.27. The first-order valence-corrected chi connectivity index (χ1v) is 5.81. The van der Waals surface area contributed by atoms with Gasteiger partial charge in [-0.2, -0.15) is 11.3 Å². The molecule has 1 rings (SSSR count). The van der Waals surface area contributed by atoms with Crippen LogP contribution in [0.5, 0.6) is 0 Å². The summed E-state index contributed by atoms with van der Waals surface area (Å²) in [7, 11) is 0. The molecule has 0 saturated carbocycles. The summed E-state index contributed by atoms with van der Waals surface area (Å²) in [6.07, 6.45) is 1.67. The molecule has 0 aliphatic heterocycles. The second-order valence-electron chi connectivity index (χ2n) is 3.25. The van der Waals surface area contributed by atoms with E-state index in [1.807, 2.05) is 12.3 Å². The summed E-state index contributed by atoms with van der Waals surface area (Å²) in [5, 5.41) is 9.99. The van der Waals surface area contributed by atoms with Gasteiger partial charge in [0.25, 0.3) is 0 Å². The summed E-state index contributed by atoms with van der Waals surface area (Å²) in [4.78, 5) is 11.3. The van der Waals surface area contributed by atoms with Crippen LogP contribution in [0.1, 0.15) is 18.5 Å². The molecule has 82 valence electrons. The Bertz CT molecular complexity index is 308. The lowest BCUT2D eigenvalue weighted by Crippen LogP contribution is -2.34. The van der Waals surface area contributed by atoms with E-state index in [9.17, 15) is 4.79 Å². The van der Waals surface area contributed by atoms with E-state index in [1.54, 1.807) is 17.4 Å². The molecule has 1 atom stereocenters. The van der Waals surface area contributed by atoms with Crippen molar-refractivity contribution in [1.29, 1.82) is 0 Å². The maximum atomic E-state index is 11.3. The Morgan fingerprint density at radius 3 is 3.13 bits per heavy atom. The van der Waals surface area contributed by atoms with E-state index in [1.165, 1.54) is 5.56 Å². The maximum Gasteiger partial charge on any atom is 0.234 e. The highest BCUT2D eigenvalue weighted by atomic mass is 32.1. The first-order chi connectivity index (χ1) is 7.24. The Kier molecular flexibility index (Phi) is 5.07. The molecule has 0 bridgehead atoms. The Hall–Kier alpha value is -1.13. The van der Waals surface area contributed by atoms with Crippen LogP contribution in [0, 0.1) is 0 Å². The van der Waals surface area contributed by atoms with Crippen molar-refractivity contribution in [2.45, 2.75) is 13.0 Å². The molecule has 3 nitrogen and oxygen atoms in total. The van der Waals surface area contributed by atoms with Crippen LogP contribution in [0.3, 0.4) is 0 Å². The number of rotatable bonds is 6. The van der Waals surface area contributed by atoms with Crippen molar-refractivity contribution in [2.75, 3.05) is 13.1 Å². The number of nitrogens with one attached hydrogen (secondary N) is 2. The van der Waals surface area contributed by atoms with E-state index in [0.717, 1.165) is 0 Å². The van der Waals surface area contributed by atoms with Gasteiger partial charge in [-0.3, -0.25) is 4.79 Å². The van der Waals surface area contributed by atoms with Crippen molar-refractivity contribution >= 4 is 17.2 Å². The lowest BCUT2D eigenvalue weighted by atomic mass is 10.2. The molecule has 0 spiro atoms. The monoisotopic (exact) mass is 224 g/mol. The summed E-state index contributed by atoms with van der Waals surface area (Å²) < 4.78 is 0. The second-order valence-corrected chi connectivity index (χ2v) is 4.03. The fourth-order valence-electron chi connectivity index (χ4n) is 1.13. The van der Waals surface area contributed by atoms with Gasteiger partial charge in [0, 0.05) is 12.6 Å². The van der Waals surface area contributed by atoms with Gasteiger partial charge < -0.3 is 10.6 Å². The lowest BCUT2D eigenvalue weighted by molar-refractivity contribution is -0.120. The van der Waals surface area contributed by atoms with E-state index < -0.39 is 0 Å². The number of carbonyl (C=O) groups excluding carboxylic acids is 1. The summed E-state index contributed by atoms with van der Waals surface area (Å²) in [5.74, 6) is -0.00280. The molecule has 0 aliphatic carbocycles. The highest BCUT2D eigenvalue weighted by molar-refractivity contribution is 7.07. The fourth-order valence-corrected chi connectivity index (χ4v) is 1.89. The Labute approximate surface area is 94.2 Å². The Morgan fingerprint density at radius 1 is 1.73 bits per heavy atom. The van der Waals surface area contributed by atoms with Crippen LogP contribution in [0.2, 0.25) is 0 Å². The van der Waals surface area contributed by atoms with Crippen LogP contribution in [0.4, 0.5) is 0 Å². The van der Waals surface area contributed by atoms with Crippen LogP contribution >= 0.6 is 11.3 Å². The molecule has 0 radical (unpaired) electrons. The molecule has 0 saturated heterocycles. The molecule has 15 heavy (non-hydrogen) atoms. The average molecular weight is 224 g/mol. The minimum absolute atomic E-state index is 0.00280. The van der Waals surface area contributed by atoms with Gasteiger partial charge in [0.2, 0.25) is 5.91 Å². The highest BCUT2D eigenvalue weighted by Crippen LogP contribution is 2.14. The molecule has 1 amide bonds. The maximum absolute atomic E-state index is 11.3. The van der Waals surface area contributed by atoms with Gasteiger partial charge in [-0.1, -0.05) is 6.08 Å². The van der Waals surface area contributed by atoms with Crippen molar-refractivity contribution in [3.05, 3.63) is 35.0 Å². The van der Waals surface area contributed by atoms with Crippen LogP contribution < -0.4 is 10.6 Å². The summed E-state index contributed by atoms with van der Waals surface area (Å²) >= 11 is 1.66. The fraction of sp³-hybridized carbons (Fsp3) is 0.364. The van der Waals surface area contributed by atoms with E-state index in [-0.39, 0.29) is 11.9 Å². The molecular formula is C11H16N2OS. The smallest absolute Gasteiger partial charge is 0.234 e. The van der Waals surface area contributed by atoms with Crippen molar-refractivity contribution < 1.29 is 4.79 Å². The highest BCUT2D eigenvalue weighted by Gasteiger charge is 2.06. The predicted octanol–water partition coefficient (Wildman–Crippen LogP) is 1.70. The first-order valence-electron chi connectivity index (χ1n) is 4.87. The third kappa shape index (κ3) is 4.27. The number of hydrogen-bond donors (Lipinski definition) is 2. The van der Waals surface area contributed by atoms with E-state index in [0.29, 0.717) is 13.1 Å². The van der Waals surface area contributed by atoms with E-state index in [4.69, 9.17) is 0 Å². The van der Waals surface area contributed by atoms with Crippen LogP contribution in [-0.2, 0) is 4.79 Å². The van der Waals surface area contributed by atoms with Crippen molar-refractivity contribution in [3.63, 3.8) is 0 Å². The SMILES string of the molecule is C=CCNC(=O)CNC(C)c1ccsc1. The molecule has 0 aliphatic rings. The zero-order chi connectivity index (χ0) is 11.1. The predicted molar refractivity (Wildman–Crippen MR) is 63.9 cm³/mol. The largest absolute Gasteiger partial charge is 0.352 e. The van der Waals surface area contributed by atoms with Crippen molar-refractivity contribution in [2.24, 2.45) is 0 Å². The quantitative estimate of drug-likeness (QED) is 0.722. The molecule has 1 heterocycles. The van der Waals surface area contributed by atoms with Gasteiger partial charge in [-0.15, -0.1) is 6.58 Å². The van der Waals surface area contributed by atoms with Crippen molar-refractivity contribution in [1.82, 2.24) is 10.6 Å². The molecule has 4 heteroatoms. The van der Waals surface area contributed by atoms with Gasteiger partial charge in [0.05, 0.1) is 6.54 Å². The molecule has 1 aromatic heterocycles. The minimum atomic E-state index is -0.00280. The molecular weight excluding hydrogens is 208 g/mol. The third-order valence-electron chi connectivity index (χ3n) is 2.06. The topological polar surface area (TPSA) is 41.1 Å². The zero-order valence-electron chi connectivity index (χ0n) is 8.82. The van der Waals surface area contributed by atoms with Crippen LogP contribution in [0.15, 0.2) is 29.5 Å². The number of amides is 1. The van der Waals surface area contributed by atoms with Crippen LogP contribution in [-0.4, -0.2) is 19.0 Å². The molecule has 1 aromatic rings. The summed E-state index contributed by atoms with van der Waals surface area (Å²) in [6.45, 7) is 6.44. The summed E-state index contributed by atoms with van der Waals surface area (Å²) in [5.41, 5.74) is 1.22. The number of thiophene rings is 1. The minimum Gasteiger partial charge on any atom is -0.352 e. The van der Waals surface area contributed by atoms with E-state index >= 15 is 0 Å². The molecule has 1 unspecified atom stereocenters. The van der Waals surface area contributed by atoms with Crippen LogP contribution in [0.25, 0.3) is 0 Å². The molecule has 0 aromatic carbocycles. The standard InChI is InChI=1S/C11H16N2OS/c1-3-5-12-11(14)7-13-9(2)10-4-6-15-8-10/h3-4,6,8-9,13H,1,5,7H2,2H3,(H,12,14). The van der Waals surface area contributed by atoms with E-state index in [2.05, 4.69) is 28.7 Å². The van der Waals surface area contributed by atoms with Gasteiger partial charge in [0.15, 0.2) is 0 Å². The molecule has 2 N–H and O–H groups in total.